The first-order valence-corrected chi connectivity index (χ1v) is 6.11. The molecule has 0 bridgehead atoms. The van der Waals surface area contributed by atoms with Crippen LogP contribution in [0.3, 0.4) is 0 Å². The molecule has 0 amide bonds. The largest absolute Gasteiger partial charge is 0.465 e. The van der Waals surface area contributed by atoms with Crippen LogP contribution in [0.1, 0.15) is 32.8 Å². The maximum Gasteiger partial charge on any atom is 0.398 e. The summed E-state index contributed by atoms with van der Waals surface area (Å²) in [4.78, 5) is 0. The highest BCUT2D eigenvalue weighted by molar-refractivity contribution is 5.33. The van der Waals surface area contributed by atoms with Crippen molar-refractivity contribution in [1.82, 2.24) is 0 Å². The van der Waals surface area contributed by atoms with Crippen LogP contribution in [0.2, 0.25) is 0 Å². The summed E-state index contributed by atoms with van der Waals surface area (Å²) in [6.07, 6.45) is -4.72. The molecule has 0 aliphatic heterocycles. The van der Waals surface area contributed by atoms with E-state index in [0.29, 0.717) is 5.75 Å². The highest BCUT2D eigenvalue weighted by Crippen LogP contribution is 2.43. The molecule has 0 spiro atoms. The average Bonchev–Trinajstić information content (AvgIpc) is 2.37. The molecule has 5 heteroatoms. The minimum atomic E-state index is -4.27. The third-order valence-corrected chi connectivity index (χ3v) is 3.46. The standard InChI is InChI=1S/C14H19F3O2/c1-5-13(3,14(15,16)17)11-6-8-12(9-7-11)19-10(2)18-4/h6-10H,5H2,1-4H3. The van der Waals surface area contributed by atoms with Gasteiger partial charge >= 0.3 is 6.18 Å². The number of hydrogen-bond acceptors (Lipinski definition) is 2. The van der Waals surface area contributed by atoms with Crippen LogP contribution >= 0.6 is 0 Å². The zero-order chi connectivity index (χ0) is 14.7. The molecule has 19 heavy (non-hydrogen) atoms. The molecule has 0 N–H and O–H groups in total. The van der Waals surface area contributed by atoms with Crippen molar-refractivity contribution < 1.29 is 22.6 Å². The molecule has 1 aromatic carbocycles. The van der Waals surface area contributed by atoms with Crippen molar-refractivity contribution in [2.24, 2.45) is 0 Å². The van der Waals surface area contributed by atoms with Crippen LogP contribution in [0, 0.1) is 0 Å². The molecule has 0 saturated heterocycles. The lowest BCUT2D eigenvalue weighted by molar-refractivity contribution is -0.186. The van der Waals surface area contributed by atoms with Crippen LogP contribution < -0.4 is 4.74 Å². The van der Waals surface area contributed by atoms with Gasteiger partial charge in [0.1, 0.15) is 5.75 Å². The van der Waals surface area contributed by atoms with Gasteiger partial charge in [-0.05, 0) is 38.0 Å². The van der Waals surface area contributed by atoms with E-state index in [9.17, 15) is 13.2 Å². The molecule has 2 atom stereocenters. The second kappa shape index (κ2) is 5.82. The van der Waals surface area contributed by atoms with Crippen molar-refractivity contribution in [3.8, 4) is 5.75 Å². The molecule has 0 heterocycles. The Balaban J connectivity index is 2.97. The summed E-state index contributed by atoms with van der Waals surface area (Å²) in [5.41, 5.74) is -1.60. The van der Waals surface area contributed by atoms with Crippen molar-refractivity contribution in [1.29, 1.82) is 0 Å². The lowest BCUT2D eigenvalue weighted by Crippen LogP contribution is -2.38. The molecule has 0 fully saturated rings. The van der Waals surface area contributed by atoms with Crippen LogP contribution in [-0.2, 0) is 10.2 Å². The number of halogens is 3. The molecule has 0 aliphatic rings. The van der Waals surface area contributed by atoms with E-state index >= 15 is 0 Å². The molecule has 0 radical (unpaired) electrons. The first kappa shape index (κ1) is 15.8. The second-order valence-corrected chi connectivity index (χ2v) is 4.63. The molecule has 1 aromatic rings. The maximum absolute atomic E-state index is 13.1. The topological polar surface area (TPSA) is 18.5 Å². The zero-order valence-electron chi connectivity index (χ0n) is 11.5. The Morgan fingerprint density at radius 3 is 2.05 bits per heavy atom. The van der Waals surface area contributed by atoms with E-state index in [4.69, 9.17) is 9.47 Å². The zero-order valence-corrected chi connectivity index (χ0v) is 11.5. The van der Waals surface area contributed by atoms with Gasteiger partial charge in [0, 0.05) is 7.11 Å². The Hall–Kier alpha value is -1.23. The molecule has 2 unspecified atom stereocenters. The number of benzene rings is 1. The van der Waals surface area contributed by atoms with Gasteiger partial charge in [-0.25, -0.2) is 0 Å². The summed E-state index contributed by atoms with van der Waals surface area (Å²) in [6, 6.07) is 5.97. The van der Waals surface area contributed by atoms with E-state index in [1.807, 2.05) is 0 Å². The lowest BCUT2D eigenvalue weighted by atomic mass is 9.79. The predicted octanol–water partition coefficient (Wildman–Crippen LogP) is 4.29. The Morgan fingerprint density at radius 2 is 1.68 bits per heavy atom. The van der Waals surface area contributed by atoms with Crippen molar-refractivity contribution >= 4 is 0 Å². The van der Waals surface area contributed by atoms with E-state index in [0.717, 1.165) is 0 Å². The van der Waals surface area contributed by atoms with E-state index in [-0.39, 0.29) is 12.0 Å². The van der Waals surface area contributed by atoms with Crippen LogP contribution in [0.25, 0.3) is 0 Å². The van der Waals surface area contributed by atoms with Crippen LogP contribution in [-0.4, -0.2) is 19.6 Å². The molecule has 2 nitrogen and oxygen atoms in total. The minimum absolute atomic E-state index is 0.00875. The summed E-state index contributed by atoms with van der Waals surface area (Å²) in [5, 5.41) is 0. The monoisotopic (exact) mass is 276 g/mol. The first-order valence-electron chi connectivity index (χ1n) is 6.11. The number of methoxy groups -OCH3 is 1. The van der Waals surface area contributed by atoms with Gasteiger partial charge in [-0.15, -0.1) is 0 Å². The third kappa shape index (κ3) is 3.41. The van der Waals surface area contributed by atoms with E-state index < -0.39 is 17.9 Å². The molecule has 0 aromatic heterocycles. The van der Waals surface area contributed by atoms with Gasteiger partial charge in [0.05, 0.1) is 5.41 Å². The van der Waals surface area contributed by atoms with Crippen molar-refractivity contribution in [3.63, 3.8) is 0 Å². The van der Waals surface area contributed by atoms with Gasteiger partial charge in [0.15, 0.2) is 6.29 Å². The summed E-state index contributed by atoms with van der Waals surface area (Å²) in [7, 11) is 1.50. The van der Waals surface area contributed by atoms with Gasteiger partial charge in [0.25, 0.3) is 0 Å². The number of hydrogen-bond donors (Lipinski definition) is 0. The number of alkyl halides is 3. The van der Waals surface area contributed by atoms with E-state index in [1.165, 1.54) is 45.2 Å². The minimum Gasteiger partial charge on any atom is -0.465 e. The second-order valence-electron chi connectivity index (χ2n) is 4.63. The van der Waals surface area contributed by atoms with Crippen LogP contribution in [0.15, 0.2) is 24.3 Å². The predicted molar refractivity (Wildman–Crippen MR) is 67.2 cm³/mol. The number of rotatable bonds is 5. The van der Waals surface area contributed by atoms with Gasteiger partial charge in [-0.3, -0.25) is 0 Å². The van der Waals surface area contributed by atoms with Gasteiger partial charge < -0.3 is 9.47 Å². The Bertz CT molecular complexity index is 400. The molecular weight excluding hydrogens is 257 g/mol. The summed E-state index contributed by atoms with van der Waals surface area (Å²) in [5.74, 6) is 0.485. The molecule has 0 saturated carbocycles. The normalized spacial score (nSPS) is 16.8. The maximum atomic E-state index is 13.1. The highest BCUT2D eigenvalue weighted by atomic mass is 19.4. The molecule has 1 rings (SSSR count). The van der Waals surface area contributed by atoms with Crippen molar-refractivity contribution in [2.45, 2.75) is 45.1 Å². The first-order chi connectivity index (χ1) is 8.74. The summed E-state index contributed by atoms with van der Waals surface area (Å²) in [6.45, 7) is 4.45. The van der Waals surface area contributed by atoms with Crippen molar-refractivity contribution in [3.05, 3.63) is 29.8 Å². The van der Waals surface area contributed by atoms with Gasteiger partial charge in [-0.2, -0.15) is 13.2 Å². The fraction of sp³-hybridized carbons (Fsp3) is 0.571. The van der Waals surface area contributed by atoms with Gasteiger partial charge in [-0.1, -0.05) is 19.1 Å². The quantitative estimate of drug-likeness (QED) is 0.747. The smallest absolute Gasteiger partial charge is 0.398 e. The fourth-order valence-electron chi connectivity index (χ4n) is 1.71. The SMILES string of the molecule is CCC(C)(c1ccc(OC(C)OC)cc1)C(F)(F)F. The van der Waals surface area contributed by atoms with Gasteiger partial charge in [0.2, 0.25) is 0 Å². The Morgan fingerprint density at radius 1 is 1.16 bits per heavy atom. The average molecular weight is 276 g/mol. The van der Waals surface area contributed by atoms with Crippen LogP contribution in [0.5, 0.6) is 5.75 Å². The van der Waals surface area contributed by atoms with E-state index in [1.54, 1.807) is 6.92 Å². The number of ether oxygens (including phenoxy) is 2. The Kier molecular flexibility index (Phi) is 4.85. The summed E-state index contributed by atoms with van der Waals surface area (Å²) >= 11 is 0. The lowest BCUT2D eigenvalue weighted by Gasteiger charge is -2.31. The Labute approximate surface area is 111 Å². The van der Waals surface area contributed by atoms with E-state index in [2.05, 4.69) is 0 Å². The van der Waals surface area contributed by atoms with Crippen molar-refractivity contribution in [2.75, 3.05) is 7.11 Å². The summed E-state index contributed by atoms with van der Waals surface area (Å²) < 4.78 is 49.6. The molecule has 108 valence electrons. The molecule has 0 aliphatic carbocycles. The van der Waals surface area contributed by atoms with Crippen LogP contribution in [0.4, 0.5) is 13.2 Å². The highest BCUT2D eigenvalue weighted by Gasteiger charge is 2.50. The fourth-order valence-corrected chi connectivity index (χ4v) is 1.71. The molecular formula is C14H19F3O2. The third-order valence-electron chi connectivity index (χ3n) is 3.46.